The second-order valence-electron chi connectivity index (χ2n) is 9.38. The van der Waals surface area contributed by atoms with Crippen molar-refractivity contribution in [3.8, 4) is 0 Å². The van der Waals surface area contributed by atoms with Gasteiger partial charge < -0.3 is 35.8 Å². The standard InChI is InChI=1S/C23H30N6O6S/c1-23(2,3)35-15(31)5-4-12-8-13(36-10-12)6-7-25-22-27-19(24)16-20(28-22)29(11-26-16)21-18(33)17(32)14(9-30)34-21/h4-5,8,10-11,14,17-18,21,30,32-33H,6-7,9H2,1-3H3,(H3,24,25,27,28)/t14-,17?,18?,21-/m1/s1. The van der Waals surface area contributed by atoms with Gasteiger partial charge in [-0.3, -0.25) is 4.57 Å². The molecule has 3 aromatic rings. The smallest absolute Gasteiger partial charge is 0.331 e. The van der Waals surface area contributed by atoms with Gasteiger partial charge in [-0.25, -0.2) is 9.78 Å². The normalized spacial score (nSPS) is 22.5. The molecule has 12 nitrogen and oxygen atoms in total. The fourth-order valence-corrected chi connectivity index (χ4v) is 4.59. The molecule has 1 aliphatic rings. The summed E-state index contributed by atoms with van der Waals surface area (Å²) >= 11 is 1.57. The van der Waals surface area contributed by atoms with E-state index in [-0.39, 0.29) is 11.8 Å². The van der Waals surface area contributed by atoms with Crippen LogP contribution in [0, 0.1) is 0 Å². The average molecular weight is 519 g/mol. The number of carbonyl (C=O) groups excluding carboxylic acids is 1. The first-order valence-electron chi connectivity index (χ1n) is 11.4. The number of nitrogens with two attached hydrogens (primary N) is 1. The van der Waals surface area contributed by atoms with Gasteiger partial charge in [-0.2, -0.15) is 9.97 Å². The van der Waals surface area contributed by atoms with Gasteiger partial charge >= 0.3 is 5.97 Å². The Hall–Kier alpha value is -3.10. The first-order valence-corrected chi connectivity index (χ1v) is 12.3. The Morgan fingerprint density at radius 2 is 2.11 bits per heavy atom. The van der Waals surface area contributed by atoms with Gasteiger partial charge in [0.25, 0.3) is 0 Å². The molecule has 3 aromatic heterocycles. The third kappa shape index (κ3) is 5.82. The number of aromatic nitrogens is 4. The summed E-state index contributed by atoms with van der Waals surface area (Å²) in [6.07, 6.45) is 0.790. The van der Waals surface area contributed by atoms with E-state index in [1.165, 1.54) is 17.0 Å². The lowest BCUT2D eigenvalue weighted by molar-refractivity contribution is -0.148. The number of aliphatic hydroxyl groups excluding tert-OH is 3. The van der Waals surface area contributed by atoms with Gasteiger partial charge in [0, 0.05) is 17.5 Å². The van der Waals surface area contributed by atoms with Crippen LogP contribution in [0.1, 0.15) is 37.4 Å². The molecular formula is C23H30N6O6S. The quantitative estimate of drug-likeness (QED) is 0.213. The van der Waals surface area contributed by atoms with E-state index in [4.69, 9.17) is 15.2 Å². The molecule has 4 rings (SSSR count). The lowest BCUT2D eigenvalue weighted by Crippen LogP contribution is -2.33. The minimum Gasteiger partial charge on any atom is -0.457 e. The van der Waals surface area contributed by atoms with Crippen LogP contribution in [0.3, 0.4) is 0 Å². The summed E-state index contributed by atoms with van der Waals surface area (Å²) in [5.41, 5.74) is 7.09. The SMILES string of the molecule is CC(C)(C)OC(=O)C=Cc1csc(CCNc2nc(N)c3ncn([C@@H]4O[C@H](CO)C(O)C4O)c3n2)c1. The summed E-state index contributed by atoms with van der Waals surface area (Å²) in [5, 5.41) is 34.9. The average Bonchev–Trinajstić information content (AvgIpc) is 3.50. The van der Waals surface area contributed by atoms with Crippen LogP contribution in [0.5, 0.6) is 0 Å². The van der Waals surface area contributed by atoms with E-state index in [0.717, 1.165) is 10.4 Å². The van der Waals surface area contributed by atoms with Crippen molar-refractivity contribution in [3.05, 3.63) is 34.3 Å². The molecule has 2 unspecified atom stereocenters. The van der Waals surface area contributed by atoms with Crippen molar-refractivity contribution in [2.45, 2.75) is 57.3 Å². The molecule has 0 spiro atoms. The number of hydrogen-bond donors (Lipinski definition) is 5. The lowest BCUT2D eigenvalue weighted by Gasteiger charge is -2.17. The number of rotatable bonds is 8. The molecule has 194 valence electrons. The van der Waals surface area contributed by atoms with Crippen molar-refractivity contribution in [3.63, 3.8) is 0 Å². The third-order valence-corrected chi connectivity index (χ3v) is 6.40. The molecule has 6 N–H and O–H groups in total. The molecule has 4 heterocycles. The van der Waals surface area contributed by atoms with Crippen LogP contribution in [0.4, 0.5) is 11.8 Å². The van der Waals surface area contributed by atoms with Crippen molar-refractivity contribution in [2.24, 2.45) is 0 Å². The van der Waals surface area contributed by atoms with E-state index in [9.17, 15) is 20.1 Å². The van der Waals surface area contributed by atoms with Gasteiger partial charge in [-0.05, 0) is 50.3 Å². The molecular weight excluding hydrogens is 488 g/mol. The summed E-state index contributed by atoms with van der Waals surface area (Å²) in [5.74, 6) is 0.0342. The molecule has 13 heteroatoms. The Kier molecular flexibility index (Phi) is 7.57. The van der Waals surface area contributed by atoms with Crippen molar-refractivity contribution in [1.29, 1.82) is 0 Å². The fourth-order valence-electron chi connectivity index (χ4n) is 3.73. The number of fused-ring (bicyclic) bond motifs is 1. The van der Waals surface area contributed by atoms with Crippen molar-refractivity contribution in [2.75, 3.05) is 24.2 Å². The first-order chi connectivity index (χ1) is 17.1. The van der Waals surface area contributed by atoms with Crippen LogP contribution in [0.25, 0.3) is 17.2 Å². The Morgan fingerprint density at radius 3 is 2.81 bits per heavy atom. The monoisotopic (exact) mass is 518 g/mol. The van der Waals surface area contributed by atoms with E-state index in [1.54, 1.807) is 17.4 Å². The zero-order valence-electron chi connectivity index (χ0n) is 20.2. The fraction of sp³-hybridized carbons (Fsp3) is 0.478. The minimum absolute atomic E-state index is 0.152. The number of aliphatic hydroxyl groups is 3. The number of carbonyl (C=O) groups is 1. The highest BCUT2D eigenvalue weighted by atomic mass is 32.1. The summed E-state index contributed by atoms with van der Waals surface area (Å²) in [6.45, 7) is 5.54. The number of esters is 1. The van der Waals surface area contributed by atoms with Gasteiger partial charge in [0.1, 0.15) is 29.4 Å². The number of thiophene rings is 1. The Bertz CT molecular complexity index is 1250. The number of nitrogens with one attached hydrogen (secondary N) is 1. The summed E-state index contributed by atoms with van der Waals surface area (Å²) < 4.78 is 12.3. The van der Waals surface area contributed by atoms with Crippen LogP contribution >= 0.6 is 11.3 Å². The highest BCUT2D eigenvalue weighted by molar-refractivity contribution is 7.10. The van der Waals surface area contributed by atoms with E-state index >= 15 is 0 Å². The van der Waals surface area contributed by atoms with Gasteiger partial charge in [0.2, 0.25) is 5.95 Å². The third-order valence-electron chi connectivity index (χ3n) is 5.39. The number of nitrogens with zero attached hydrogens (tertiary/aromatic N) is 4. The Balaban J connectivity index is 1.40. The molecule has 0 bridgehead atoms. The Morgan fingerprint density at radius 1 is 1.33 bits per heavy atom. The number of ether oxygens (including phenoxy) is 2. The molecule has 0 saturated carbocycles. The molecule has 0 aromatic carbocycles. The molecule has 1 saturated heterocycles. The molecule has 1 aliphatic heterocycles. The van der Waals surface area contributed by atoms with Gasteiger partial charge in [0.15, 0.2) is 17.7 Å². The number of imidazole rings is 1. The maximum Gasteiger partial charge on any atom is 0.331 e. The van der Waals surface area contributed by atoms with E-state index < -0.39 is 42.7 Å². The highest BCUT2D eigenvalue weighted by Crippen LogP contribution is 2.32. The second kappa shape index (κ2) is 10.5. The highest BCUT2D eigenvalue weighted by Gasteiger charge is 2.44. The first kappa shape index (κ1) is 26.0. The van der Waals surface area contributed by atoms with Crippen LogP contribution in [0.2, 0.25) is 0 Å². The molecule has 1 fully saturated rings. The Labute approximate surface area is 211 Å². The van der Waals surface area contributed by atoms with Gasteiger partial charge in [-0.15, -0.1) is 11.3 Å². The zero-order valence-corrected chi connectivity index (χ0v) is 21.0. The van der Waals surface area contributed by atoms with E-state index in [1.807, 2.05) is 32.2 Å². The van der Waals surface area contributed by atoms with Gasteiger partial charge in [-0.1, -0.05) is 0 Å². The predicted molar refractivity (Wildman–Crippen MR) is 134 cm³/mol. The summed E-state index contributed by atoms with van der Waals surface area (Å²) in [6, 6.07) is 1.99. The molecule has 0 amide bonds. The molecule has 36 heavy (non-hydrogen) atoms. The number of hydrogen-bond acceptors (Lipinski definition) is 12. The van der Waals surface area contributed by atoms with Crippen molar-refractivity contribution in [1.82, 2.24) is 19.5 Å². The van der Waals surface area contributed by atoms with Crippen LogP contribution in [0.15, 0.2) is 23.8 Å². The topological polar surface area (TPSA) is 178 Å². The van der Waals surface area contributed by atoms with Crippen LogP contribution in [-0.4, -0.2) is 77.9 Å². The second-order valence-corrected chi connectivity index (χ2v) is 10.4. The van der Waals surface area contributed by atoms with Gasteiger partial charge in [0.05, 0.1) is 12.9 Å². The van der Waals surface area contributed by atoms with Crippen LogP contribution in [-0.2, 0) is 20.7 Å². The van der Waals surface area contributed by atoms with Crippen molar-refractivity contribution < 1.29 is 29.6 Å². The summed E-state index contributed by atoms with van der Waals surface area (Å²) in [4.78, 5) is 25.9. The summed E-state index contributed by atoms with van der Waals surface area (Å²) in [7, 11) is 0. The van der Waals surface area contributed by atoms with E-state index in [2.05, 4.69) is 20.3 Å². The maximum atomic E-state index is 11.9. The minimum atomic E-state index is -1.27. The number of anilines is 2. The molecule has 4 atom stereocenters. The number of nitrogen functional groups attached to an aromatic ring is 1. The zero-order chi connectivity index (χ0) is 26.0. The van der Waals surface area contributed by atoms with Crippen molar-refractivity contribution >= 4 is 46.3 Å². The van der Waals surface area contributed by atoms with Crippen LogP contribution < -0.4 is 11.1 Å². The molecule has 0 radical (unpaired) electrons. The predicted octanol–water partition coefficient (Wildman–Crippen LogP) is 1.09. The maximum absolute atomic E-state index is 11.9. The van der Waals surface area contributed by atoms with E-state index in [0.29, 0.717) is 24.1 Å². The lowest BCUT2D eigenvalue weighted by atomic mass is 10.1. The largest absolute Gasteiger partial charge is 0.457 e. The molecule has 0 aliphatic carbocycles.